The van der Waals surface area contributed by atoms with Crippen LogP contribution in [-0.2, 0) is 6.54 Å². The van der Waals surface area contributed by atoms with Gasteiger partial charge in [-0.3, -0.25) is 0 Å². The van der Waals surface area contributed by atoms with E-state index < -0.39 is 0 Å². The Hall–Kier alpha value is -0.790. The summed E-state index contributed by atoms with van der Waals surface area (Å²) >= 11 is 0. The van der Waals surface area contributed by atoms with Crippen LogP contribution in [0.25, 0.3) is 0 Å². The van der Waals surface area contributed by atoms with Gasteiger partial charge in [0, 0.05) is 18.9 Å². The zero-order valence-corrected chi connectivity index (χ0v) is 6.03. The molecular formula is C8H12N2. The number of aromatic nitrogens is 2. The van der Waals surface area contributed by atoms with E-state index >= 15 is 0 Å². The Balaban J connectivity index is 1.79. The van der Waals surface area contributed by atoms with Crippen LogP contribution in [0.2, 0.25) is 0 Å². The van der Waals surface area contributed by atoms with Crippen molar-refractivity contribution in [3.63, 3.8) is 0 Å². The topological polar surface area (TPSA) is 17.8 Å². The van der Waals surface area contributed by atoms with Gasteiger partial charge in [-0.15, -0.1) is 0 Å². The number of imidazole rings is 1. The third-order valence-corrected chi connectivity index (χ3v) is 2.05. The number of rotatable bonds is 3. The first-order valence-corrected chi connectivity index (χ1v) is 3.91. The Morgan fingerprint density at radius 2 is 2.40 bits per heavy atom. The quantitative estimate of drug-likeness (QED) is 0.618. The average molecular weight is 136 g/mol. The second-order valence-corrected chi connectivity index (χ2v) is 3.03. The maximum absolute atomic E-state index is 3.98. The summed E-state index contributed by atoms with van der Waals surface area (Å²) in [6, 6.07) is 0. The Labute approximate surface area is 60.9 Å². The van der Waals surface area contributed by atoms with Crippen LogP contribution in [-0.4, -0.2) is 9.55 Å². The van der Waals surface area contributed by atoms with Crippen molar-refractivity contribution in [3.8, 4) is 0 Å². The monoisotopic (exact) mass is 136 g/mol. The van der Waals surface area contributed by atoms with Crippen molar-refractivity contribution in [3.05, 3.63) is 18.7 Å². The molecule has 1 fully saturated rings. The van der Waals surface area contributed by atoms with Crippen molar-refractivity contribution in [2.24, 2.45) is 5.92 Å². The summed E-state index contributed by atoms with van der Waals surface area (Å²) in [5, 5.41) is 0. The summed E-state index contributed by atoms with van der Waals surface area (Å²) in [5.41, 5.74) is 0. The van der Waals surface area contributed by atoms with Crippen molar-refractivity contribution in [2.45, 2.75) is 25.8 Å². The first-order chi connectivity index (χ1) is 4.95. The van der Waals surface area contributed by atoms with Crippen molar-refractivity contribution in [1.29, 1.82) is 0 Å². The summed E-state index contributed by atoms with van der Waals surface area (Å²) < 4.78 is 2.15. The summed E-state index contributed by atoms with van der Waals surface area (Å²) in [5.74, 6) is 1.03. The Morgan fingerprint density at radius 1 is 1.50 bits per heavy atom. The normalized spacial score (nSPS) is 17.6. The standard InChI is InChI=1S/C8H12N2/c1-2-8(1)3-5-10-6-4-9-7-10/h4,6-8H,1-3,5H2. The van der Waals surface area contributed by atoms with Crippen LogP contribution in [0.3, 0.4) is 0 Å². The van der Waals surface area contributed by atoms with Crippen molar-refractivity contribution < 1.29 is 0 Å². The molecule has 1 aliphatic rings. The molecule has 0 amide bonds. The molecule has 0 aliphatic heterocycles. The van der Waals surface area contributed by atoms with E-state index in [0.717, 1.165) is 12.5 Å². The van der Waals surface area contributed by atoms with Gasteiger partial charge < -0.3 is 4.57 Å². The predicted octanol–water partition coefficient (Wildman–Crippen LogP) is 1.68. The van der Waals surface area contributed by atoms with Crippen LogP contribution in [0.5, 0.6) is 0 Å². The third kappa shape index (κ3) is 1.38. The molecule has 1 saturated carbocycles. The number of nitrogens with zero attached hydrogens (tertiary/aromatic N) is 2. The lowest BCUT2D eigenvalue weighted by Crippen LogP contribution is -1.94. The summed E-state index contributed by atoms with van der Waals surface area (Å²) in [4.78, 5) is 3.98. The smallest absolute Gasteiger partial charge is 0.0945 e. The highest BCUT2D eigenvalue weighted by atomic mass is 15.0. The van der Waals surface area contributed by atoms with E-state index in [1.807, 2.05) is 18.7 Å². The molecule has 54 valence electrons. The summed E-state index contributed by atoms with van der Waals surface area (Å²) in [7, 11) is 0. The molecule has 0 radical (unpaired) electrons. The molecule has 1 aliphatic carbocycles. The molecule has 2 nitrogen and oxygen atoms in total. The van der Waals surface area contributed by atoms with Crippen molar-refractivity contribution in [1.82, 2.24) is 9.55 Å². The molecule has 0 atom stereocenters. The van der Waals surface area contributed by atoms with Crippen LogP contribution < -0.4 is 0 Å². The average Bonchev–Trinajstić information content (AvgIpc) is 2.63. The zero-order valence-electron chi connectivity index (χ0n) is 6.03. The second kappa shape index (κ2) is 2.45. The molecule has 0 bridgehead atoms. The SMILES string of the molecule is c1cn(CCC2CC2)cn1. The highest BCUT2D eigenvalue weighted by Gasteiger charge is 2.20. The first-order valence-electron chi connectivity index (χ1n) is 3.91. The molecule has 1 heterocycles. The lowest BCUT2D eigenvalue weighted by molar-refractivity contribution is 0.596. The van der Waals surface area contributed by atoms with Gasteiger partial charge in [-0.2, -0.15) is 0 Å². The third-order valence-electron chi connectivity index (χ3n) is 2.05. The Kier molecular flexibility index (Phi) is 1.46. The van der Waals surface area contributed by atoms with E-state index in [9.17, 15) is 0 Å². The fourth-order valence-corrected chi connectivity index (χ4v) is 1.16. The van der Waals surface area contributed by atoms with Gasteiger partial charge in [0.1, 0.15) is 0 Å². The molecular weight excluding hydrogens is 124 g/mol. The van der Waals surface area contributed by atoms with Crippen molar-refractivity contribution in [2.75, 3.05) is 0 Å². The number of hydrogen-bond acceptors (Lipinski definition) is 1. The lowest BCUT2D eigenvalue weighted by Gasteiger charge is -1.97. The van der Waals surface area contributed by atoms with Crippen LogP contribution in [0.1, 0.15) is 19.3 Å². The molecule has 1 aromatic heterocycles. The molecule has 0 unspecified atom stereocenters. The minimum Gasteiger partial charge on any atom is -0.337 e. The fourth-order valence-electron chi connectivity index (χ4n) is 1.16. The van der Waals surface area contributed by atoms with E-state index in [0.29, 0.717) is 0 Å². The Bertz CT molecular complexity index is 187. The molecule has 2 rings (SSSR count). The van der Waals surface area contributed by atoms with Crippen molar-refractivity contribution >= 4 is 0 Å². The summed E-state index contributed by atoms with van der Waals surface area (Å²) in [6.07, 6.45) is 10.0. The zero-order chi connectivity index (χ0) is 6.81. The van der Waals surface area contributed by atoms with Gasteiger partial charge >= 0.3 is 0 Å². The van der Waals surface area contributed by atoms with E-state index in [4.69, 9.17) is 0 Å². The van der Waals surface area contributed by atoms with Gasteiger partial charge in [-0.05, 0) is 12.3 Å². The van der Waals surface area contributed by atoms with Gasteiger partial charge in [0.25, 0.3) is 0 Å². The fraction of sp³-hybridized carbons (Fsp3) is 0.625. The molecule has 0 aromatic carbocycles. The maximum atomic E-state index is 3.98. The lowest BCUT2D eigenvalue weighted by atomic mass is 10.3. The highest BCUT2D eigenvalue weighted by Crippen LogP contribution is 2.32. The van der Waals surface area contributed by atoms with Crippen LogP contribution in [0.15, 0.2) is 18.7 Å². The van der Waals surface area contributed by atoms with Gasteiger partial charge in [0.05, 0.1) is 6.33 Å². The molecule has 0 spiro atoms. The van der Waals surface area contributed by atoms with E-state index in [-0.39, 0.29) is 0 Å². The number of hydrogen-bond donors (Lipinski definition) is 0. The Morgan fingerprint density at radius 3 is 3.00 bits per heavy atom. The van der Waals surface area contributed by atoms with E-state index in [1.54, 1.807) is 0 Å². The first kappa shape index (κ1) is 5.96. The second-order valence-electron chi connectivity index (χ2n) is 3.03. The van der Waals surface area contributed by atoms with Crippen LogP contribution >= 0.6 is 0 Å². The van der Waals surface area contributed by atoms with E-state index in [2.05, 4.69) is 9.55 Å². The van der Waals surface area contributed by atoms with Gasteiger partial charge in [0.15, 0.2) is 0 Å². The van der Waals surface area contributed by atoms with Gasteiger partial charge in [0.2, 0.25) is 0 Å². The molecule has 0 saturated heterocycles. The minimum absolute atomic E-state index is 1.03. The summed E-state index contributed by atoms with van der Waals surface area (Å²) in [6.45, 7) is 1.16. The highest BCUT2D eigenvalue weighted by molar-refractivity contribution is 4.77. The van der Waals surface area contributed by atoms with Crippen LogP contribution in [0.4, 0.5) is 0 Å². The predicted molar refractivity (Wildman–Crippen MR) is 39.6 cm³/mol. The van der Waals surface area contributed by atoms with Crippen LogP contribution in [0, 0.1) is 5.92 Å². The largest absolute Gasteiger partial charge is 0.337 e. The minimum atomic E-state index is 1.03. The van der Waals surface area contributed by atoms with Gasteiger partial charge in [-0.1, -0.05) is 12.8 Å². The molecule has 10 heavy (non-hydrogen) atoms. The molecule has 0 N–H and O–H groups in total. The molecule has 2 heteroatoms. The van der Waals surface area contributed by atoms with Gasteiger partial charge in [-0.25, -0.2) is 4.98 Å². The van der Waals surface area contributed by atoms with E-state index in [1.165, 1.54) is 19.3 Å². The molecule has 1 aromatic rings. The maximum Gasteiger partial charge on any atom is 0.0945 e. The number of aryl methyl sites for hydroxylation is 1.